The lowest BCUT2D eigenvalue weighted by Gasteiger charge is -2.35. The van der Waals surface area contributed by atoms with Gasteiger partial charge in [0.2, 0.25) is 0 Å². The average Bonchev–Trinajstić information content (AvgIpc) is 2.49. The van der Waals surface area contributed by atoms with Crippen molar-refractivity contribution < 1.29 is 14.3 Å². The highest BCUT2D eigenvalue weighted by atomic mass is 35.5. The summed E-state index contributed by atoms with van der Waals surface area (Å²) in [6.45, 7) is 2.29. The highest BCUT2D eigenvalue weighted by molar-refractivity contribution is 6.30. The number of benzene rings is 1. The third kappa shape index (κ3) is 5.41. The van der Waals surface area contributed by atoms with Crippen molar-refractivity contribution in [1.82, 2.24) is 4.90 Å². The van der Waals surface area contributed by atoms with E-state index >= 15 is 0 Å². The van der Waals surface area contributed by atoms with Crippen LogP contribution in [0.25, 0.3) is 0 Å². The first-order valence-corrected chi connectivity index (χ1v) is 7.37. The van der Waals surface area contributed by atoms with Gasteiger partial charge in [0, 0.05) is 24.2 Å². The standard InChI is InChI=1S/C15H21ClN2O3.ClH/c1-20-15(19)14-10-21-7-6-18(14)9-13(17)8-11-2-4-12(16)5-3-11;/h2-5,13-14H,6-10,17H2,1H3;1H. The Hall–Kier alpha value is -0.850. The number of methoxy groups -OCH3 is 1. The predicted molar refractivity (Wildman–Crippen MR) is 88.6 cm³/mol. The number of halogens is 2. The van der Waals surface area contributed by atoms with Gasteiger partial charge in [-0.05, 0) is 24.1 Å². The van der Waals surface area contributed by atoms with Gasteiger partial charge in [-0.3, -0.25) is 9.69 Å². The van der Waals surface area contributed by atoms with E-state index in [9.17, 15) is 4.79 Å². The van der Waals surface area contributed by atoms with Crippen molar-refractivity contribution in [2.45, 2.75) is 18.5 Å². The smallest absolute Gasteiger partial charge is 0.325 e. The van der Waals surface area contributed by atoms with E-state index in [1.165, 1.54) is 7.11 Å². The van der Waals surface area contributed by atoms with Gasteiger partial charge in [-0.15, -0.1) is 12.4 Å². The number of nitrogens with zero attached hydrogens (tertiary/aromatic N) is 1. The molecule has 1 heterocycles. The molecule has 2 unspecified atom stereocenters. The van der Waals surface area contributed by atoms with Gasteiger partial charge >= 0.3 is 5.97 Å². The molecule has 1 saturated heterocycles. The van der Waals surface area contributed by atoms with Crippen LogP contribution in [0.1, 0.15) is 5.56 Å². The Labute approximate surface area is 142 Å². The zero-order chi connectivity index (χ0) is 15.2. The molecule has 7 heteroatoms. The number of hydrogen-bond donors (Lipinski definition) is 1. The maximum absolute atomic E-state index is 11.8. The Morgan fingerprint density at radius 3 is 2.82 bits per heavy atom. The second-order valence-corrected chi connectivity index (χ2v) is 5.64. The van der Waals surface area contributed by atoms with E-state index in [1.54, 1.807) is 0 Å². The lowest BCUT2D eigenvalue weighted by molar-refractivity contribution is -0.153. The maximum atomic E-state index is 11.8. The van der Waals surface area contributed by atoms with E-state index < -0.39 is 0 Å². The van der Waals surface area contributed by atoms with Crippen LogP contribution in [0.2, 0.25) is 5.02 Å². The molecule has 1 aliphatic rings. The molecule has 0 aliphatic carbocycles. The van der Waals surface area contributed by atoms with E-state index in [-0.39, 0.29) is 30.5 Å². The topological polar surface area (TPSA) is 64.8 Å². The number of carbonyl (C=O) groups is 1. The van der Waals surface area contributed by atoms with Crippen LogP contribution in [0.4, 0.5) is 0 Å². The molecule has 2 rings (SSSR count). The average molecular weight is 349 g/mol. The molecular weight excluding hydrogens is 327 g/mol. The minimum absolute atomic E-state index is 0. The van der Waals surface area contributed by atoms with Crippen LogP contribution in [0.5, 0.6) is 0 Å². The van der Waals surface area contributed by atoms with Crippen molar-refractivity contribution in [3.8, 4) is 0 Å². The third-order valence-corrected chi connectivity index (χ3v) is 3.84. The van der Waals surface area contributed by atoms with Crippen LogP contribution in [-0.2, 0) is 20.7 Å². The summed E-state index contributed by atoms with van der Waals surface area (Å²) >= 11 is 5.87. The quantitative estimate of drug-likeness (QED) is 0.817. The number of esters is 1. The van der Waals surface area contributed by atoms with Gasteiger partial charge in [0.25, 0.3) is 0 Å². The van der Waals surface area contributed by atoms with Gasteiger partial charge in [-0.25, -0.2) is 0 Å². The van der Waals surface area contributed by atoms with E-state index in [0.717, 1.165) is 12.0 Å². The highest BCUT2D eigenvalue weighted by Crippen LogP contribution is 2.13. The molecule has 0 aromatic heterocycles. The Bertz CT molecular complexity index is 470. The lowest BCUT2D eigenvalue weighted by atomic mass is 10.1. The van der Waals surface area contributed by atoms with Crippen molar-refractivity contribution in [3.63, 3.8) is 0 Å². The summed E-state index contributed by atoms with van der Waals surface area (Å²) in [6, 6.07) is 7.24. The second-order valence-electron chi connectivity index (χ2n) is 5.20. The summed E-state index contributed by atoms with van der Waals surface area (Å²) in [4.78, 5) is 13.8. The molecule has 0 bridgehead atoms. The van der Waals surface area contributed by atoms with Crippen LogP contribution >= 0.6 is 24.0 Å². The number of hydrogen-bond acceptors (Lipinski definition) is 5. The van der Waals surface area contributed by atoms with Crippen molar-refractivity contribution in [2.75, 3.05) is 33.4 Å². The molecule has 2 atom stereocenters. The first kappa shape index (κ1) is 19.2. The molecule has 1 aliphatic heterocycles. The minimum atomic E-state index is -0.361. The summed E-state index contributed by atoms with van der Waals surface area (Å²) in [5.41, 5.74) is 7.34. The summed E-state index contributed by atoms with van der Waals surface area (Å²) in [7, 11) is 1.39. The van der Waals surface area contributed by atoms with Crippen LogP contribution < -0.4 is 5.73 Å². The third-order valence-electron chi connectivity index (χ3n) is 3.59. The van der Waals surface area contributed by atoms with Crippen LogP contribution in [0.3, 0.4) is 0 Å². The molecule has 1 aromatic carbocycles. The van der Waals surface area contributed by atoms with Gasteiger partial charge in [-0.2, -0.15) is 0 Å². The summed E-state index contributed by atoms with van der Waals surface area (Å²) in [6.07, 6.45) is 0.739. The molecule has 124 valence electrons. The molecule has 0 saturated carbocycles. The van der Waals surface area contributed by atoms with Crippen molar-refractivity contribution in [2.24, 2.45) is 5.73 Å². The minimum Gasteiger partial charge on any atom is -0.468 e. The number of ether oxygens (including phenoxy) is 2. The number of carbonyl (C=O) groups excluding carboxylic acids is 1. The van der Waals surface area contributed by atoms with Crippen molar-refractivity contribution in [3.05, 3.63) is 34.9 Å². The summed E-state index contributed by atoms with van der Waals surface area (Å²) in [5, 5.41) is 0.714. The molecule has 2 N–H and O–H groups in total. The van der Waals surface area contributed by atoms with E-state index in [0.29, 0.717) is 31.3 Å². The molecule has 0 amide bonds. The molecule has 1 aromatic rings. The number of nitrogens with two attached hydrogens (primary N) is 1. The Kier molecular flexibility index (Phi) is 8.14. The van der Waals surface area contributed by atoms with Gasteiger partial charge in [0.05, 0.1) is 20.3 Å². The molecule has 0 spiro atoms. The van der Waals surface area contributed by atoms with Crippen LogP contribution in [-0.4, -0.2) is 56.4 Å². The molecule has 1 fully saturated rings. The van der Waals surface area contributed by atoms with Gasteiger partial charge in [0.1, 0.15) is 6.04 Å². The summed E-state index contributed by atoms with van der Waals surface area (Å²) in [5.74, 6) is -0.270. The van der Waals surface area contributed by atoms with E-state index in [2.05, 4.69) is 0 Å². The van der Waals surface area contributed by atoms with Crippen molar-refractivity contribution in [1.29, 1.82) is 0 Å². The fraction of sp³-hybridized carbons (Fsp3) is 0.533. The van der Waals surface area contributed by atoms with E-state index in [1.807, 2.05) is 29.2 Å². The van der Waals surface area contributed by atoms with Gasteiger partial charge < -0.3 is 15.2 Å². The largest absolute Gasteiger partial charge is 0.468 e. The summed E-state index contributed by atoms with van der Waals surface area (Å²) < 4.78 is 10.2. The SMILES string of the molecule is COC(=O)C1COCCN1CC(N)Cc1ccc(Cl)cc1.Cl. The molecule has 0 radical (unpaired) electrons. The fourth-order valence-electron chi connectivity index (χ4n) is 2.50. The Morgan fingerprint density at radius 2 is 2.18 bits per heavy atom. The predicted octanol–water partition coefficient (Wildman–Crippen LogP) is 1.51. The first-order chi connectivity index (χ1) is 10.1. The normalized spacial score (nSPS) is 20.0. The second kappa shape index (κ2) is 9.33. The van der Waals surface area contributed by atoms with Gasteiger partial charge in [-0.1, -0.05) is 23.7 Å². The van der Waals surface area contributed by atoms with Gasteiger partial charge in [0.15, 0.2) is 0 Å². The maximum Gasteiger partial charge on any atom is 0.325 e. The Balaban J connectivity index is 0.00000242. The van der Waals surface area contributed by atoms with Crippen molar-refractivity contribution >= 4 is 30.0 Å². The van der Waals surface area contributed by atoms with E-state index in [4.69, 9.17) is 26.8 Å². The molecule has 22 heavy (non-hydrogen) atoms. The number of morpholine rings is 1. The highest BCUT2D eigenvalue weighted by Gasteiger charge is 2.31. The lowest BCUT2D eigenvalue weighted by Crippen LogP contribution is -2.54. The van der Waals surface area contributed by atoms with Crippen LogP contribution in [0.15, 0.2) is 24.3 Å². The number of rotatable bonds is 5. The Morgan fingerprint density at radius 1 is 1.50 bits per heavy atom. The zero-order valence-corrected chi connectivity index (χ0v) is 14.1. The fourth-order valence-corrected chi connectivity index (χ4v) is 2.62. The molecule has 5 nitrogen and oxygen atoms in total. The van der Waals surface area contributed by atoms with Crippen LogP contribution in [0, 0.1) is 0 Å². The monoisotopic (exact) mass is 348 g/mol. The first-order valence-electron chi connectivity index (χ1n) is 7.00. The zero-order valence-electron chi connectivity index (χ0n) is 12.5. The molecular formula is C15H22Cl2N2O3.